The zero-order valence-corrected chi connectivity index (χ0v) is 15.8. The van der Waals surface area contributed by atoms with Gasteiger partial charge in [-0.3, -0.25) is 9.59 Å². The molecule has 1 saturated heterocycles. The standard InChI is InChI=1S/C19H29N3O2.ClH/c1-2-10-20-11-12-21-19(24)17-9-6-13-22(15-17)18(23)14-16-7-4-3-5-8-16;/h3-5,7-8,17,20H,2,6,9-15H2,1H3,(H,21,24);1H. The lowest BCUT2D eigenvalue weighted by Gasteiger charge is -2.32. The number of hydrogen-bond acceptors (Lipinski definition) is 3. The van der Waals surface area contributed by atoms with Crippen molar-refractivity contribution in [1.29, 1.82) is 0 Å². The smallest absolute Gasteiger partial charge is 0.227 e. The molecule has 0 radical (unpaired) electrons. The van der Waals surface area contributed by atoms with Gasteiger partial charge < -0.3 is 15.5 Å². The molecule has 1 aliphatic rings. The van der Waals surface area contributed by atoms with Gasteiger partial charge in [0.25, 0.3) is 0 Å². The number of piperidine rings is 1. The first-order valence-electron chi connectivity index (χ1n) is 9.01. The predicted octanol–water partition coefficient (Wildman–Crippen LogP) is 2.01. The largest absolute Gasteiger partial charge is 0.355 e. The molecule has 1 aromatic rings. The molecule has 25 heavy (non-hydrogen) atoms. The van der Waals surface area contributed by atoms with Crippen LogP contribution >= 0.6 is 12.4 Å². The van der Waals surface area contributed by atoms with Crippen molar-refractivity contribution in [3.8, 4) is 0 Å². The van der Waals surface area contributed by atoms with Crippen molar-refractivity contribution in [1.82, 2.24) is 15.5 Å². The maximum absolute atomic E-state index is 12.5. The zero-order valence-electron chi connectivity index (χ0n) is 15.0. The number of rotatable bonds is 8. The van der Waals surface area contributed by atoms with Crippen molar-refractivity contribution >= 4 is 24.2 Å². The Kier molecular flexibility index (Phi) is 10.2. The molecule has 140 valence electrons. The minimum Gasteiger partial charge on any atom is -0.355 e. The highest BCUT2D eigenvalue weighted by molar-refractivity contribution is 5.85. The SMILES string of the molecule is CCCNCCNC(=O)C1CCCN(C(=O)Cc2ccccc2)C1.Cl. The third-order valence-electron chi connectivity index (χ3n) is 4.37. The second kappa shape index (κ2) is 11.9. The quantitative estimate of drug-likeness (QED) is 0.691. The molecule has 1 aliphatic heterocycles. The maximum atomic E-state index is 12.5. The van der Waals surface area contributed by atoms with Crippen LogP contribution in [0.25, 0.3) is 0 Å². The molecule has 2 rings (SSSR count). The van der Waals surface area contributed by atoms with Crippen LogP contribution in [0.3, 0.4) is 0 Å². The van der Waals surface area contributed by atoms with Crippen LogP contribution in [0, 0.1) is 5.92 Å². The summed E-state index contributed by atoms with van der Waals surface area (Å²) >= 11 is 0. The van der Waals surface area contributed by atoms with E-state index in [1.807, 2.05) is 35.2 Å². The summed E-state index contributed by atoms with van der Waals surface area (Å²) in [6, 6.07) is 9.78. The molecule has 0 bridgehead atoms. The van der Waals surface area contributed by atoms with E-state index in [0.29, 0.717) is 19.5 Å². The molecule has 1 aromatic carbocycles. The van der Waals surface area contributed by atoms with E-state index in [-0.39, 0.29) is 30.1 Å². The molecule has 2 amide bonds. The third kappa shape index (κ3) is 7.45. The van der Waals surface area contributed by atoms with Gasteiger partial charge in [0.05, 0.1) is 12.3 Å². The summed E-state index contributed by atoms with van der Waals surface area (Å²) in [5.74, 6) is 0.110. The maximum Gasteiger partial charge on any atom is 0.227 e. The molecule has 5 nitrogen and oxygen atoms in total. The van der Waals surface area contributed by atoms with E-state index in [9.17, 15) is 9.59 Å². The molecule has 0 aliphatic carbocycles. The number of halogens is 1. The average molecular weight is 368 g/mol. The van der Waals surface area contributed by atoms with Gasteiger partial charge in [-0.15, -0.1) is 12.4 Å². The van der Waals surface area contributed by atoms with Gasteiger partial charge in [-0.2, -0.15) is 0 Å². The van der Waals surface area contributed by atoms with Crippen molar-refractivity contribution in [2.24, 2.45) is 5.92 Å². The fraction of sp³-hybridized carbons (Fsp3) is 0.579. The summed E-state index contributed by atoms with van der Waals surface area (Å²) in [6.45, 7) is 5.83. The van der Waals surface area contributed by atoms with Gasteiger partial charge in [0.2, 0.25) is 11.8 Å². The van der Waals surface area contributed by atoms with Crippen LogP contribution in [0.4, 0.5) is 0 Å². The summed E-state index contributed by atoms with van der Waals surface area (Å²) < 4.78 is 0. The highest BCUT2D eigenvalue weighted by Gasteiger charge is 2.28. The molecule has 1 atom stereocenters. The molecule has 2 N–H and O–H groups in total. The zero-order chi connectivity index (χ0) is 17.2. The van der Waals surface area contributed by atoms with Gasteiger partial charge in [0.1, 0.15) is 0 Å². The van der Waals surface area contributed by atoms with Gasteiger partial charge in [-0.05, 0) is 31.4 Å². The lowest BCUT2D eigenvalue weighted by atomic mass is 9.96. The van der Waals surface area contributed by atoms with Gasteiger partial charge >= 0.3 is 0 Å². The molecule has 1 heterocycles. The molecule has 0 aromatic heterocycles. The van der Waals surface area contributed by atoms with Crippen molar-refractivity contribution < 1.29 is 9.59 Å². The van der Waals surface area contributed by atoms with E-state index in [1.165, 1.54) is 0 Å². The van der Waals surface area contributed by atoms with Crippen LogP contribution in [-0.4, -0.2) is 49.4 Å². The first-order valence-corrected chi connectivity index (χ1v) is 9.01. The first-order chi connectivity index (χ1) is 11.7. The first kappa shape index (κ1) is 21.5. The lowest BCUT2D eigenvalue weighted by molar-refractivity contribution is -0.135. The van der Waals surface area contributed by atoms with Crippen LogP contribution < -0.4 is 10.6 Å². The van der Waals surface area contributed by atoms with Gasteiger partial charge in [-0.1, -0.05) is 37.3 Å². The number of nitrogens with one attached hydrogen (secondary N) is 2. The Morgan fingerprint density at radius 3 is 2.64 bits per heavy atom. The van der Waals surface area contributed by atoms with Crippen molar-refractivity contribution in [2.75, 3.05) is 32.7 Å². The second-order valence-corrected chi connectivity index (χ2v) is 6.38. The minimum atomic E-state index is -0.0790. The third-order valence-corrected chi connectivity index (χ3v) is 4.37. The van der Waals surface area contributed by atoms with E-state index in [1.54, 1.807) is 0 Å². The van der Waals surface area contributed by atoms with Crippen LogP contribution in [0.15, 0.2) is 30.3 Å². The Morgan fingerprint density at radius 2 is 1.92 bits per heavy atom. The number of amides is 2. The van der Waals surface area contributed by atoms with E-state index in [2.05, 4.69) is 17.6 Å². The molecular formula is C19H30ClN3O2. The number of hydrogen-bond donors (Lipinski definition) is 2. The van der Waals surface area contributed by atoms with Crippen LogP contribution in [0.2, 0.25) is 0 Å². The number of carbonyl (C=O) groups is 2. The summed E-state index contributed by atoms with van der Waals surface area (Å²) in [6.07, 6.45) is 3.27. The lowest BCUT2D eigenvalue weighted by Crippen LogP contribution is -2.46. The molecule has 0 spiro atoms. The van der Waals surface area contributed by atoms with Crippen molar-refractivity contribution in [2.45, 2.75) is 32.6 Å². The Labute approximate surface area is 157 Å². The predicted molar refractivity (Wildman–Crippen MR) is 103 cm³/mol. The Hall–Kier alpha value is -1.59. The van der Waals surface area contributed by atoms with E-state index in [0.717, 1.165) is 44.5 Å². The Bertz CT molecular complexity index is 525. The summed E-state index contributed by atoms with van der Waals surface area (Å²) in [4.78, 5) is 26.6. The molecule has 1 unspecified atom stereocenters. The van der Waals surface area contributed by atoms with Crippen LogP contribution in [0.1, 0.15) is 31.7 Å². The summed E-state index contributed by atoms with van der Waals surface area (Å²) in [7, 11) is 0. The Morgan fingerprint density at radius 1 is 1.16 bits per heavy atom. The van der Waals surface area contributed by atoms with Gasteiger partial charge in [0, 0.05) is 26.2 Å². The number of likely N-dealkylation sites (tertiary alicyclic amines) is 1. The van der Waals surface area contributed by atoms with E-state index < -0.39 is 0 Å². The number of carbonyl (C=O) groups excluding carboxylic acids is 2. The van der Waals surface area contributed by atoms with Crippen molar-refractivity contribution in [3.63, 3.8) is 0 Å². The number of nitrogens with zero attached hydrogens (tertiary/aromatic N) is 1. The minimum absolute atomic E-state index is 0. The van der Waals surface area contributed by atoms with Crippen LogP contribution in [-0.2, 0) is 16.0 Å². The highest BCUT2D eigenvalue weighted by atomic mass is 35.5. The average Bonchev–Trinajstić information content (AvgIpc) is 2.62. The summed E-state index contributed by atoms with van der Waals surface area (Å²) in [5, 5.41) is 6.25. The molecular weight excluding hydrogens is 338 g/mol. The molecule has 0 saturated carbocycles. The summed E-state index contributed by atoms with van der Waals surface area (Å²) in [5.41, 5.74) is 1.02. The van der Waals surface area contributed by atoms with Gasteiger partial charge in [0.15, 0.2) is 0 Å². The van der Waals surface area contributed by atoms with Crippen molar-refractivity contribution in [3.05, 3.63) is 35.9 Å². The molecule has 6 heteroatoms. The van der Waals surface area contributed by atoms with E-state index >= 15 is 0 Å². The highest BCUT2D eigenvalue weighted by Crippen LogP contribution is 2.17. The monoisotopic (exact) mass is 367 g/mol. The van der Waals surface area contributed by atoms with Gasteiger partial charge in [-0.25, -0.2) is 0 Å². The fourth-order valence-electron chi connectivity index (χ4n) is 3.02. The van der Waals surface area contributed by atoms with E-state index in [4.69, 9.17) is 0 Å². The fourth-order valence-corrected chi connectivity index (χ4v) is 3.02. The van der Waals surface area contributed by atoms with Crippen LogP contribution in [0.5, 0.6) is 0 Å². The molecule has 1 fully saturated rings. The second-order valence-electron chi connectivity index (χ2n) is 6.38. The Balaban J connectivity index is 0.00000312. The number of benzene rings is 1. The topological polar surface area (TPSA) is 61.4 Å². The normalized spacial score (nSPS) is 16.8.